The maximum Gasteiger partial charge on any atom is 0.314 e. The lowest BCUT2D eigenvalue weighted by Gasteiger charge is -2.14. The lowest BCUT2D eigenvalue weighted by atomic mass is 9.95. The van der Waals surface area contributed by atoms with E-state index in [2.05, 4.69) is 0 Å². The predicted molar refractivity (Wildman–Crippen MR) is 81.9 cm³/mol. The van der Waals surface area contributed by atoms with Gasteiger partial charge in [-0.2, -0.15) is 0 Å². The third kappa shape index (κ3) is 4.46. The largest absolute Gasteiger partial charge is 0.481 e. The van der Waals surface area contributed by atoms with Crippen molar-refractivity contribution in [2.45, 2.75) is 25.4 Å². The number of hydrogen-bond donors (Lipinski definition) is 1. The molecule has 2 rings (SSSR count). The van der Waals surface area contributed by atoms with Gasteiger partial charge in [0, 0.05) is 12.7 Å². The van der Waals surface area contributed by atoms with E-state index in [0.717, 1.165) is 18.9 Å². The minimum absolute atomic E-state index is 0.120. The van der Waals surface area contributed by atoms with Gasteiger partial charge >= 0.3 is 5.97 Å². The van der Waals surface area contributed by atoms with Crippen LogP contribution >= 0.6 is 0 Å². The number of aliphatic carboxylic acids is 1. The van der Waals surface area contributed by atoms with Crippen molar-refractivity contribution in [3.8, 4) is 0 Å². The van der Waals surface area contributed by atoms with Gasteiger partial charge in [0.1, 0.15) is 5.92 Å². The first-order valence-electron chi connectivity index (χ1n) is 7.29. The number of nitro groups is 1. The Kier molecular flexibility index (Phi) is 5.59. The number of carboxylic acids is 1. The van der Waals surface area contributed by atoms with E-state index in [9.17, 15) is 24.8 Å². The average molecular weight is 319 g/mol. The van der Waals surface area contributed by atoms with Gasteiger partial charge in [0.25, 0.3) is 5.69 Å². The van der Waals surface area contributed by atoms with Crippen LogP contribution < -0.4 is 0 Å². The van der Waals surface area contributed by atoms with Crippen molar-refractivity contribution >= 4 is 23.5 Å². The van der Waals surface area contributed by atoms with Gasteiger partial charge in [0.05, 0.1) is 16.6 Å². The zero-order valence-corrected chi connectivity index (χ0v) is 12.4. The summed E-state index contributed by atoms with van der Waals surface area (Å²) in [6.07, 6.45) is 3.87. The van der Waals surface area contributed by atoms with E-state index in [1.54, 1.807) is 6.07 Å². The van der Waals surface area contributed by atoms with Crippen molar-refractivity contribution in [1.29, 1.82) is 0 Å². The Morgan fingerprint density at radius 2 is 2.17 bits per heavy atom. The molecule has 0 bridgehead atoms. The summed E-state index contributed by atoms with van der Waals surface area (Å²) >= 11 is 0. The monoisotopic (exact) mass is 319 g/mol. The maximum absolute atomic E-state index is 12.1. The Bertz CT molecular complexity index is 633. The lowest BCUT2D eigenvalue weighted by molar-refractivity contribution is -0.385. The smallest absolute Gasteiger partial charge is 0.314 e. The van der Waals surface area contributed by atoms with Gasteiger partial charge in [0.15, 0.2) is 5.78 Å². The number of para-hydroxylation sites is 1. The minimum atomic E-state index is -1.21. The van der Waals surface area contributed by atoms with Crippen molar-refractivity contribution in [1.82, 2.24) is 0 Å². The zero-order valence-electron chi connectivity index (χ0n) is 12.4. The van der Waals surface area contributed by atoms with Crippen LogP contribution in [0.1, 0.15) is 24.8 Å². The van der Waals surface area contributed by atoms with Gasteiger partial charge in [-0.15, -0.1) is 0 Å². The molecule has 7 nitrogen and oxygen atoms in total. The SMILES string of the molecule is O=C(O)C(CC1CCCO1)C(=O)C=Cc1ccccc1[N+](=O)[O-]. The number of ether oxygens (including phenoxy) is 1. The van der Waals surface area contributed by atoms with Crippen molar-refractivity contribution in [2.75, 3.05) is 6.61 Å². The molecule has 2 unspecified atom stereocenters. The number of nitro benzene ring substituents is 1. The average Bonchev–Trinajstić information content (AvgIpc) is 3.03. The molecule has 0 radical (unpaired) electrons. The van der Waals surface area contributed by atoms with Gasteiger partial charge in [-0.25, -0.2) is 0 Å². The summed E-state index contributed by atoms with van der Waals surface area (Å²) in [6.45, 7) is 0.581. The summed E-state index contributed by atoms with van der Waals surface area (Å²) < 4.78 is 5.37. The van der Waals surface area contributed by atoms with E-state index in [0.29, 0.717) is 6.61 Å². The van der Waals surface area contributed by atoms with Gasteiger partial charge in [-0.1, -0.05) is 12.1 Å². The van der Waals surface area contributed by atoms with Crippen LogP contribution in [0, 0.1) is 16.0 Å². The predicted octanol–water partition coefficient (Wildman–Crippen LogP) is 2.45. The highest BCUT2D eigenvalue weighted by Crippen LogP contribution is 2.23. The molecule has 122 valence electrons. The van der Waals surface area contributed by atoms with E-state index in [-0.39, 0.29) is 23.8 Å². The second kappa shape index (κ2) is 7.64. The number of ketones is 1. The fourth-order valence-electron chi connectivity index (χ4n) is 2.51. The Hall–Kier alpha value is -2.54. The molecular weight excluding hydrogens is 302 g/mol. The summed E-state index contributed by atoms with van der Waals surface area (Å²) in [5, 5.41) is 20.1. The molecule has 2 atom stereocenters. The van der Waals surface area contributed by atoms with Crippen LogP contribution in [0.4, 0.5) is 5.69 Å². The second-order valence-electron chi connectivity index (χ2n) is 5.31. The van der Waals surface area contributed by atoms with Gasteiger partial charge in [-0.05, 0) is 37.5 Å². The molecule has 0 amide bonds. The minimum Gasteiger partial charge on any atom is -0.481 e. The Labute approximate surface area is 132 Å². The van der Waals surface area contributed by atoms with Gasteiger partial charge in [-0.3, -0.25) is 19.7 Å². The molecule has 1 saturated heterocycles. The van der Waals surface area contributed by atoms with E-state index >= 15 is 0 Å². The molecule has 0 aromatic heterocycles. The Morgan fingerprint density at radius 1 is 1.43 bits per heavy atom. The van der Waals surface area contributed by atoms with Crippen molar-refractivity contribution in [3.63, 3.8) is 0 Å². The fraction of sp³-hybridized carbons (Fsp3) is 0.375. The number of carbonyl (C=O) groups excluding carboxylic acids is 1. The van der Waals surface area contributed by atoms with Gasteiger partial charge < -0.3 is 9.84 Å². The molecule has 1 aromatic carbocycles. The standard InChI is InChI=1S/C16H17NO6/c18-15(13(16(19)20)10-12-5-3-9-23-12)8-7-11-4-1-2-6-14(11)17(21)22/h1-2,4,6-8,12-13H,3,5,9-10H2,(H,19,20). The summed E-state index contributed by atoms with van der Waals surface area (Å²) in [5.41, 5.74) is 0.120. The van der Waals surface area contributed by atoms with Crippen LogP contribution in [-0.4, -0.2) is 34.5 Å². The quantitative estimate of drug-likeness (QED) is 0.358. The van der Waals surface area contributed by atoms with Gasteiger partial charge in [0.2, 0.25) is 0 Å². The molecule has 7 heteroatoms. The summed E-state index contributed by atoms with van der Waals surface area (Å²) in [4.78, 5) is 33.8. The molecule has 1 aliphatic heterocycles. The number of carboxylic acid groups (broad SMARTS) is 1. The molecule has 1 aliphatic rings. The number of carbonyl (C=O) groups is 2. The van der Waals surface area contributed by atoms with Crippen molar-refractivity contribution in [3.05, 3.63) is 46.0 Å². The number of benzene rings is 1. The molecule has 0 aliphatic carbocycles. The Balaban J connectivity index is 2.11. The molecule has 0 spiro atoms. The molecular formula is C16H17NO6. The molecule has 1 N–H and O–H groups in total. The third-order valence-electron chi connectivity index (χ3n) is 3.72. The Morgan fingerprint density at radius 3 is 2.78 bits per heavy atom. The summed E-state index contributed by atoms with van der Waals surface area (Å²) in [6, 6.07) is 5.95. The van der Waals surface area contributed by atoms with E-state index < -0.39 is 22.6 Å². The van der Waals surface area contributed by atoms with E-state index in [1.807, 2.05) is 0 Å². The fourth-order valence-corrected chi connectivity index (χ4v) is 2.51. The number of allylic oxidation sites excluding steroid dienone is 1. The maximum atomic E-state index is 12.1. The topological polar surface area (TPSA) is 107 Å². The van der Waals surface area contributed by atoms with E-state index in [1.165, 1.54) is 24.3 Å². The highest BCUT2D eigenvalue weighted by molar-refractivity contribution is 6.06. The summed E-state index contributed by atoms with van der Waals surface area (Å²) in [5.74, 6) is -3.00. The number of hydrogen-bond acceptors (Lipinski definition) is 5. The first kappa shape index (κ1) is 16.8. The highest BCUT2D eigenvalue weighted by Gasteiger charge is 2.30. The first-order valence-corrected chi connectivity index (χ1v) is 7.29. The summed E-state index contributed by atoms with van der Waals surface area (Å²) in [7, 11) is 0. The second-order valence-corrected chi connectivity index (χ2v) is 5.31. The zero-order chi connectivity index (χ0) is 16.8. The van der Waals surface area contributed by atoms with E-state index in [4.69, 9.17) is 4.74 Å². The van der Waals surface area contributed by atoms with Crippen LogP contribution in [0.2, 0.25) is 0 Å². The lowest BCUT2D eigenvalue weighted by Crippen LogP contribution is -2.26. The van der Waals surface area contributed by atoms with Crippen LogP contribution in [-0.2, 0) is 14.3 Å². The number of nitrogens with zero attached hydrogens (tertiary/aromatic N) is 1. The van der Waals surface area contributed by atoms with Crippen molar-refractivity contribution < 1.29 is 24.4 Å². The molecule has 1 fully saturated rings. The van der Waals surface area contributed by atoms with Crippen LogP contribution in [0.5, 0.6) is 0 Å². The molecule has 23 heavy (non-hydrogen) atoms. The molecule has 1 heterocycles. The third-order valence-corrected chi connectivity index (χ3v) is 3.72. The van der Waals surface area contributed by atoms with Crippen molar-refractivity contribution in [2.24, 2.45) is 5.92 Å². The normalized spacial score (nSPS) is 18.9. The molecule has 1 aromatic rings. The molecule has 0 saturated carbocycles. The van der Waals surface area contributed by atoms with Crippen LogP contribution in [0.25, 0.3) is 6.08 Å². The number of rotatable bonds is 7. The van der Waals surface area contributed by atoms with Crippen LogP contribution in [0.15, 0.2) is 30.3 Å². The first-order chi connectivity index (χ1) is 11.0. The highest BCUT2D eigenvalue weighted by atomic mass is 16.6. The van der Waals surface area contributed by atoms with Crippen LogP contribution in [0.3, 0.4) is 0 Å².